The molecule has 0 bridgehead atoms. The van der Waals surface area contributed by atoms with Crippen LogP contribution in [0.25, 0.3) is 0 Å². The van der Waals surface area contributed by atoms with Gasteiger partial charge < -0.3 is 25.6 Å². The van der Waals surface area contributed by atoms with E-state index in [9.17, 15) is 33.0 Å². The molecular weight excluding hydrogens is 417 g/mol. The Balaban J connectivity index is 2.17. The van der Waals surface area contributed by atoms with E-state index < -0.39 is 35.7 Å². The zero-order valence-corrected chi connectivity index (χ0v) is 16.7. The van der Waals surface area contributed by atoms with Gasteiger partial charge in [-0.05, 0) is 31.5 Å². The molecule has 2 aromatic rings. The summed E-state index contributed by atoms with van der Waals surface area (Å²) in [5.74, 6) is -3.49. The van der Waals surface area contributed by atoms with Crippen LogP contribution in [-0.4, -0.2) is 40.5 Å². The fourth-order valence-electron chi connectivity index (χ4n) is 3.51. The lowest BCUT2D eigenvalue weighted by atomic mass is 9.77. The Kier molecular flexibility index (Phi) is 5.86. The number of carbonyl (C=O) groups is 2. The number of hydrogen-bond acceptors (Lipinski definition) is 5. The highest BCUT2D eigenvalue weighted by atomic mass is 19.4. The maximum absolute atomic E-state index is 13.9. The number of aromatic hydroxyl groups is 1. The Labute approximate surface area is 175 Å². The smallest absolute Gasteiger partial charge is 0.437 e. The van der Waals surface area contributed by atoms with Crippen molar-refractivity contribution in [3.63, 3.8) is 0 Å². The molecule has 10 heteroatoms. The van der Waals surface area contributed by atoms with Gasteiger partial charge in [-0.25, -0.2) is 4.79 Å². The predicted octanol–water partition coefficient (Wildman–Crippen LogP) is 3.20. The zero-order chi connectivity index (χ0) is 23.0. The second-order valence-corrected chi connectivity index (χ2v) is 7.21. The molecule has 31 heavy (non-hydrogen) atoms. The van der Waals surface area contributed by atoms with Gasteiger partial charge in [0.2, 0.25) is 5.72 Å². The first kappa shape index (κ1) is 22.4. The third kappa shape index (κ3) is 4.15. The molecule has 1 aliphatic rings. The normalized spacial score (nSPS) is 23.6. The van der Waals surface area contributed by atoms with Gasteiger partial charge in [0.1, 0.15) is 5.92 Å². The second kappa shape index (κ2) is 8.10. The Hall–Kier alpha value is -3.27. The van der Waals surface area contributed by atoms with Gasteiger partial charge in [-0.2, -0.15) is 13.2 Å². The summed E-state index contributed by atoms with van der Waals surface area (Å²) in [6.07, 6.45) is -5.35. The van der Waals surface area contributed by atoms with Crippen LogP contribution in [0, 0.1) is 12.8 Å². The number of carbonyl (C=O) groups excluding carboxylic acids is 2. The average molecular weight is 438 g/mol. The van der Waals surface area contributed by atoms with Gasteiger partial charge >= 0.3 is 12.2 Å². The van der Waals surface area contributed by atoms with Gasteiger partial charge in [0, 0.05) is 5.56 Å². The molecule has 1 saturated heterocycles. The predicted molar refractivity (Wildman–Crippen MR) is 104 cm³/mol. The maximum Gasteiger partial charge on any atom is 0.437 e. The number of ketones is 1. The highest BCUT2D eigenvalue weighted by Crippen LogP contribution is 2.45. The van der Waals surface area contributed by atoms with Crippen molar-refractivity contribution in [2.75, 3.05) is 6.61 Å². The van der Waals surface area contributed by atoms with E-state index in [-0.39, 0.29) is 29.2 Å². The SMILES string of the molecule is CCOc1cc([C@H]2NC(=O)N[C@@](O)(C(F)(F)F)[C@@H]2C(=O)c2ccc(C)cc2)ccc1O. The number of urea groups is 1. The fraction of sp³-hybridized carbons (Fsp3) is 0.333. The highest BCUT2D eigenvalue weighted by Gasteiger charge is 2.66. The number of phenolic OH excluding ortho intramolecular Hbond substituents is 1. The van der Waals surface area contributed by atoms with Crippen molar-refractivity contribution in [1.29, 1.82) is 0 Å². The van der Waals surface area contributed by atoms with E-state index in [0.29, 0.717) is 0 Å². The van der Waals surface area contributed by atoms with Gasteiger partial charge in [0.05, 0.1) is 12.6 Å². The summed E-state index contributed by atoms with van der Waals surface area (Å²) < 4.78 is 47.1. The maximum atomic E-state index is 13.9. The van der Waals surface area contributed by atoms with E-state index in [1.54, 1.807) is 26.0 Å². The molecule has 2 amide bonds. The third-order valence-corrected chi connectivity index (χ3v) is 5.07. The molecule has 7 nitrogen and oxygen atoms in total. The summed E-state index contributed by atoms with van der Waals surface area (Å²) in [5, 5.41) is 24.3. The Morgan fingerprint density at radius 1 is 1.19 bits per heavy atom. The van der Waals surface area contributed by atoms with Crippen LogP contribution in [0.15, 0.2) is 42.5 Å². The number of aryl methyl sites for hydroxylation is 1. The minimum Gasteiger partial charge on any atom is -0.504 e. The summed E-state index contributed by atoms with van der Waals surface area (Å²) in [6, 6.07) is 6.60. The van der Waals surface area contributed by atoms with Gasteiger partial charge in [0.15, 0.2) is 17.3 Å². The van der Waals surface area contributed by atoms with Crippen molar-refractivity contribution in [1.82, 2.24) is 10.6 Å². The van der Waals surface area contributed by atoms with E-state index in [1.807, 2.05) is 0 Å². The molecule has 1 heterocycles. The summed E-state index contributed by atoms with van der Waals surface area (Å²) >= 11 is 0. The number of rotatable bonds is 5. The van der Waals surface area contributed by atoms with Gasteiger partial charge in [-0.15, -0.1) is 0 Å². The number of phenols is 1. The molecule has 0 unspecified atom stereocenters. The zero-order valence-electron chi connectivity index (χ0n) is 16.7. The van der Waals surface area contributed by atoms with E-state index in [4.69, 9.17) is 4.74 Å². The molecule has 3 atom stereocenters. The van der Waals surface area contributed by atoms with Crippen LogP contribution in [0.5, 0.6) is 11.5 Å². The molecule has 1 aliphatic heterocycles. The van der Waals surface area contributed by atoms with Crippen LogP contribution < -0.4 is 15.4 Å². The molecule has 0 radical (unpaired) electrons. The van der Waals surface area contributed by atoms with Crippen molar-refractivity contribution in [2.24, 2.45) is 5.92 Å². The van der Waals surface area contributed by atoms with Gasteiger partial charge in [-0.3, -0.25) is 4.79 Å². The van der Waals surface area contributed by atoms with E-state index in [1.165, 1.54) is 35.6 Å². The first-order valence-corrected chi connectivity index (χ1v) is 9.42. The van der Waals surface area contributed by atoms with Crippen LogP contribution in [-0.2, 0) is 0 Å². The number of hydrogen-bond donors (Lipinski definition) is 4. The summed E-state index contributed by atoms with van der Waals surface area (Å²) in [5.41, 5.74) is -3.06. The average Bonchev–Trinajstić information content (AvgIpc) is 2.68. The van der Waals surface area contributed by atoms with Crippen LogP contribution in [0.1, 0.15) is 34.5 Å². The molecule has 0 aromatic heterocycles. The van der Waals surface area contributed by atoms with E-state index in [2.05, 4.69) is 5.32 Å². The standard InChI is InChI=1S/C21H21F3N2O5/c1-3-31-15-10-13(8-9-14(15)27)17-16(18(28)12-6-4-11(2)5-7-12)20(30,21(22,23)24)26-19(29)25-17/h4-10,16-17,27,30H,3H2,1-2H3,(H2,25,26,29)/t16-,17+,20-/m0/s1. The number of benzene rings is 2. The molecule has 0 aliphatic carbocycles. The van der Waals surface area contributed by atoms with Gasteiger partial charge in [0.25, 0.3) is 0 Å². The molecule has 0 spiro atoms. The van der Waals surface area contributed by atoms with Crippen LogP contribution in [0.3, 0.4) is 0 Å². The molecule has 2 aromatic carbocycles. The van der Waals surface area contributed by atoms with Gasteiger partial charge in [-0.1, -0.05) is 35.9 Å². The van der Waals surface area contributed by atoms with Crippen molar-refractivity contribution in [2.45, 2.75) is 31.8 Å². The Morgan fingerprint density at radius 2 is 1.84 bits per heavy atom. The van der Waals surface area contributed by atoms with Crippen molar-refractivity contribution < 1.29 is 37.7 Å². The number of Topliss-reactive ketones (excluding diaryl/α,β-unsaturated/α-hetero) is 1. The lowest BCUT2D eigenvalue weighted by Gasteiger charge is -2.45. The van der Waals surface area contributed by atoms with E-state index >= 15 is 0 Å². The third-order valence-electron chi connectivity index (χ3n) is 5.07. The number of nitrogens with one attached hydrogen (secondary N) is 2. The number of aliphatic hydroxyl groups is 1. The number of ether oxygens (including phenoxy) is 1. The molecule has 166 valence electrons. The quantitative estimate of drug-likeness (QED) is 0.537. The number of alkyl halides is 3. The van der Waals surface area contributed by atoms with Crippen LogP contribution >= 0.6 is 0 Å². The lowest BCUT2D eigenvalue weighted by molar-refractivity contribution is -0.287. The van der Waals surface area contributed by atoms with Crippen molar-refractivity contribution in [3.8, 4) is 11.5 Å². The Morgan fingerprint density at radius 3 is 2.42 bits per heavy atom. The first-order valence-electron chi connectivity index (χ1n) is 9.42. The second-order valence-electron chi connectivity index (χ2n) is 7.21. The van der Waals surface area contributed by atoms with Crippen LogP contribution in [0.2, 0.25) is 0 Å². The van der Waals surface area contributed by atoms with Crippen molar-refractivity contribution in [3.05, 3.63) is 59.2 Å². The largest absolute Gasteiger partial charge is 0.504 e. The molecule has 0 saturated carbocycles. The van der Waals surface area contributed by atoms with E-state index in [0.717, 1.165) is 5.56 Å². The summed E-state index contributed by atoms with van der Waals surface area (Å²) in [7, 11) is 0. The molecule has 3 rings (SSSR count). The fourth-order valence-corrected chi connectivity index (χ4v) is 3.51. The first-order chi connectivity index (χ1) is 14.5. The Bertz CT molecular complexity index is 993. The molecule has 1 fully saturated rings. The molecular formula is C21H21F3N2O5. The monoisotopic (exact) mass is 438 g/mol. The number of halogens is 3. The minimum atomic E-state index is -5.35. The summed E-state index contributed by atoms with van der Waals surface area (Å²) in [4.78, 5) is 25.3. The lowest BCUT2D eigenvalue weighted by Crippen LogP contribution is -2.72. The molecule has 4 N–H and O–H groups in total. The number of amides is 2. The van der Waals surface area contributed by atoms with Crippen molar-refractivity contribution >= 4 is 11.8 Å². The minimum absolute atomic E-state index is 0.0372. The highest BCUT2D eigenvalue weighted by molar-refractivity contribution is 6.00. The topological polar surface area (TPSA) is 108 Å². The summed E-state index contributed by atoms with van der Waals surface area (Å²) in [6.45, 7) is 3.55. The van der Waals surface area contributed by atoms with Crippen LogP contribution in [0.4, 0.5) is 18.0 Å².